The summed E-state index contributed by atoms with van der Waals surface area (Å²) in [7, 11) is 0. The Bertz CT molecular complexity index is 807. The first-order valence-corrected chi connectivity index (χ1v) is 7.14. The van der Waals surface area contributed by atoms with Crippen LogP contribution in [0.25, 0.3) is 0 Å². The van der Waals surface area contributed by atoms with Gasteiger partial charge in [0.25, 0.3) is 5.91 Å². The number of hydrogen-bond acceptors (Lipinski definition) is 5. The highest BCUT2D eigenvalue weighted by Gasteiger charge is 2.08. The average molecular weight is 308 g/mol. The number of hydrogen-bond donors (Lipinski definition) is 2. The summed E-state index contributed by atoms with van der Waals surface area (Å²) in [6, 6.07) is 12.8. The van der Waals surface area contributed by atoms with Crippen LogP contribution in [0.15, 0.2) is 53.2 Å². The van der Waals surface area contributed by atoms with Crippen LogP contribution in [-0.2, 0) is 0 Å². The van der Waals surface area contributed by atoms with Crippen LogP contribution in [0, 0.1) is 13.8 Å². The Morgan fingerprint density at radius 3 is 2.39 bits per heavy atom. The van der Waals surface area contributed by atoms with Gasteiger partial charge in [-0.1, -0.05) is 22.9 Å². The van der Waals surface area contributed by atoms with Gasteiger partial charge in [-0.05, 0) is 38.1 Å². The molecule has 0 bridgehead atoms. The van der Waals surface area contributed by atoms with Gasteiger partial charge in [0.1, 0.15) is 11.5 Å². The Balaban J connectivity index is 1.66. The first-order chi connectivity index (χ1) is 11.1. The van der Waals surface area contributed by atoms with E-state index >= 15 is 0 Å². The zero-order chi connectivity index (χ0) is 16.2. The van der Waals surface area contributed by atoms with Gasteiger partial charge in [-0.25, -0.2) is 4.98 Å². The minimum Gasteiger partial charge on any atom is -0.360 e. The zero-order valence-electron chi connectivity index (χ0n) is 12.8. The van der Waals surface area contributed by atoms with E-state index < -0.39 is 0 Å². The topological polar surface area (TPSA) is 80.0 Å². The van der Waals surface area contributed by atoms with E-state index in [2.05, 4.69) is 20.8 Å². The fourth-order valence-corrected chi connectivity index (χ4v) is 2.01. The number of nitrogens with zero attached hydrogens (tertiary/aromatic N) is 2. The van der Waals surface area contributed by atoms with Crippen molar-refractivity contribution >= 4 is 23.1 Å². The maximum atomic E-state index is 12.2. The fraction of sp³-hybridized carbons (Fsp3) is 0.118. The summed E-state index contributed by atoms with van der Waals surface area (Å²) in [4.78, 5) is 16.3. The van der Waals surface area contributed by atoms with Gasteiger partial charge in [0.15, 0.2) is 5.82 Å². The molecule has 2 aromatic heterocycles. The predicted octanol–water partition coefficient (Wildman–Crippen LogP) is 3.68. The van der Waals surface area contributed by atoms with Gasteiger partial charge < -0.3 is 15.2 Å². The van der Waals surface area contributed by atoms with E-state index in [0.717, 1.165) is 22.7 Å². The van der Waals surface area contributed by atoms with Crippen LogP contribution in [-0.4, -0.2) is 16.0 Å². The minimum absolute atomic E-state index is 0.252. The van der Waals surface area contributed by atoms with Crippen LogP contribution in [0.2, 0.25) is 0 Å². The van der Waals surface area contributed by atoms with Crippen molar-refractivity contribution in [2.45, 2.75) is 13.8 Å². The van der Waals surface area contributed by atoms with E-state index in [-0.39, 0.29) is 5.91 Å². The molecule has 0 aliphatic carbocycles. The van der Waals surface area contributed by atoms with Gasteiger partial charge in [0, 0.05) is 11.8 Å². The molecule has 0 saturated carbocycles. The number of carbonyl (C=O) groups is 1. The summed E-state index contributed by atoms with van der Waals surface area (Å²) in [5, 5.41) is 9.69. The standard InChI is InChI=1S/C17H16N4O2/c1-11-3-5-13(6-4-11)20-17(22)15-8-7-14(10-18-15)19-16-9-12(2)23-21-16/h3-10H,1-2H3,(H,19,21)(H,20,22). The monoisotopic (exact) mass is 308 g/mol. The van der Waals surface area contributed by atoms with Gasteiger partial charge in [-0.2, -0.15) is 0 Å². The number of carbonyl (C=O) groups excluding carboxylic acids is 1. The maximum Gasteiger partial charge on any atom is 0.274 e. The molecule has 0 aliphatic heterocycles. The van der Waals surface area contributed by atoms with Gasteiger partial charge in [-0.3, -0.25) is 4.79 Å². The Hall–Kier alpha value is -3.15. The third kappa shape index (κ3) is 3.74. The summed E-state index contributed by atoms with van der Waals surface area (Å²) < 4.78 is 4.98. The molecule has 23 heavy (non-hydrogen) atoms. The number of amides is 1. The van der Waals surface area contributed by atoms with Gasteiger partial charge >= 0.3 is 0 Å². The molecule has 3 aromatic rings. The Morgan fingerprint density at radius 2 is 1.78 bits per heavy atom. The number of pyridine rings is 1. The van der Waals surface area contributed by atoms with Crippen LogP contribution < -0.4 is 10.6 Å². The summed E-state index contributed by atoms with van der Waals surface area (Å²) in [6.07, 6.45) is 1.58. The lowest BCUT2D eigenvalue weighted by molar-refractivity contribution is 0.102. The number of aromatic nitrogens is 2. The normalized spacial score (nSPS) is 10.3. The number of rotatable bonds is 4. The quantitative estimate of drug-likeness (QED) is 0.768. The second-order valence-corrected chi connectivity index (χ2v) is 5.20. The van der Waals surface area contributed by atoms with Crippen molar-refractivity contribution in [3.8, 4) is 0 Å². The summed E-state index contributed by atoms with van der Waals surface area (Å²) in [5.74, 6) is 1.06. The third-order valence-electron chi connectivity index (χ3n) is 3.21. The molecule has 0 fully saturated rings. The van der Waals surface area contributed by atoms with Crippen molar-refractivity contribution in [2.24, 2.45) is 0 Å². The van der Waals surface area contributed by atoms with E-state index in [9.17, 15) is 4.79 Å². The maximum absolute atomic E-state index is 12.2. The van der Waals surface area contributed by atoms with Crippen LogP contribution >= 0.6 is 0 Å². The molecule has 1 aromatic carbocycles. The lowest BCUT2D eigenvalue weighted by atomic mass is 10.2. The number of nitrogens with one attached hydrogen (secondary N) is 2. The van der Waals surface area contributed by atoms with E-state index in [4.69, 9.17) is 4.52 Å². The van der Waals surface area contributed by atoms with E-state index in [1.54, 1.807) is 24.4 Å². The molecular weight excluding hydrogens is 292 g/mol. The highest BCUT2D eigenvalue weighted by atomic mass is 16.5. The molecule has 0 radical (unpaired) electrons. The van der Waals surface area contributed by atoms with Crippen LogP contribution in [0.5, 0.6) is 0 Å². The summed E-state index contributed by atoms with van der Waals surface area (Å²) in [5.41, 5.74) is 2.94. The minimum atomic E-state index is -0.252. The van der Waals surface area contributed by atoms with Crippen molar-refractivity contribution in [1.29, 1.82) is 0 Å². The molecule has 2 N–H and O–H groups in total. The highest BCUT2D eigenvalue weighted by Crippen LogP contribution is 2.16. The van der Waals surface area contributed by atoms with Crippen LogP contribution in [0.3, 0.4) is 0 Å². The lowest BCUT2D eigenvalue weighted by Gasteiger charge is -2.06. The molecule has 1 amide bonds. The smallest absolute Gasteiger partial charge is 0.274 e. The van der Waals surface area contributed by atoms with Crippen molar-refractivity contribution in [1.82, 2.24) is 10.1 Å². The number of anilines is 3. The van der Waals surface area contributed by atoms with Crippen molar-refractivity contribution in [3.63, 3.8) is 0 Å². The molecule has 116 valence electrons. The van der Waals surface area contributed by atoms with Crippen LogP contribution in [0.1, 0.15) is 21.8 Å². The third-order valence-corrected chi connectivity index (χ3v) is 3.21. The largest absolute Gasteiger partial charge is 0.360 e. The lowest BCUT2D eigenvalue weighted by Crippen LogP contribution is -2.13. The Morgan fingerprint density at radius 1 is 1.04 bits per heavy atom. The molecule has 0 atom stereocenters. The van der Waals surface area contributed by atoms with E-state index in [1.807, 2.05) is 38.1 Å². The molecule has 0 saturated heterocycles. The molecule has 0 unspecified atom stereocenters. The van der Waals surface area contributed by atoms with Gasteiger partial charge in [-0.15, -0.1) is 0 Å². The van der Waals surface area contributed by atoms with Crippen LogP contribution in [0.4, 0.5) is 17.2 Å². The van der Waals surface area contributed by atoms with Gasteiger partial charge in [0.05, 0.1) is 11.9 Å². The van der Waals surface area contributed by atoms with Crippen molar-refractivity contribution in [2.75, 3.05) is 10.6 Å². The summed E-state index contributed by atoms with van der Waals surface area (Å²) >= 11 is 0. The van der Waals surface area contributed by atoms with Gasteiger partial charge in [0.2, 0.25) is 0 Å². The van der Waals surface area contributed by atoms with Crippen molar-refractivity contribution in [3.05, 3.63) is 65.7 Å². The molecule has 0 aliphatic rings. The Labute approximate surface area is 133 Å². The molecule has 6 heteroatoms. The zero-order valence-corrected chi connectivity index (χ0v) is 12.8. The first kappa shape index (κ1) is 14.8. The van der Waals surface area contributed by atoms with Crippen molar-refractivity contribution < 1.29 is 9.32 Å². The van der Waals surface area contributed by atoms with E-state index in [0.29, 0.717) is 11.5 Å². The molecular formula is C17H16N4O2. The molecule has 2 heterocycles. The average Bonchev–Trinajstić information content (AvgIpc) is 2.95. The highest BCUT2D eigenvalue weighted by molar-refractivity contribution is 6.02. The summed E-state index contributed by atoms with van der Waals surface area (Å²) in [6.45, 7) is 3.81. The fourth-order valence-electron chi connectivity index (χ4n) is 2.01. The molecule has 0 spiro atoms. The number of aryl methyl sites for hydroxylation is 2. The predicted molar refractivity (Wildman–Crippen MR) is 87.9 cm³/mol. The second-order valence-electron chi connectivity index (χ2n) is 5.20. The SMILES string of the molecule is Cc1ccc(NC(=O)c2ccc(Nc3cc(C)on3)cn2)cc1. The Kier molecular flexibility index (Phi) is 4.05. The molecule has 3 rings (SSSR count). The van der Waals surface area contributed by atoms with E-state index in [1.165, 1.54) is 0 Å². The first-order valence-electron chi connectivity index (χ1n) is 7.14. The second kappa shape index (κ2) is 6.31. The number of benzene rings is 1. The molecule has 6 nitrogen and oxygen atoms in total.